The fraction of sp³-hybridized carbons (Fsp3) is 0.350. The van der Waals surface area contributed by atoms with Gasteiger partial charge in [0.2, 0.25) is 0 Å². The van der Waals surface area contributed by atoms with E-state index < -0.39 is 17.3 Å². The number of hydrogen-bond acceptors (Lipinski definition) is 6. The van der Waals surface area contributed by atoms with Gasteiger partial charge >= 0.3 is 11.8 Å². The van der Waals surface area contributed by atoms with Crippen LogP contribution in [-0.2, 0) is 36.8 Å². The largest absolute Gasteiger partial charge is 0.443 e. The Balaban J connectivity index is 1.51. The predicted octanol–water partition coefficient (Wildman–Crippen LogP) is 0.220. The summed E-state index contributed by atoms with van der Waals surface area (Å²) in [5.41, 5.74) is 0.154. The van der Waals surface area contributed by atoms with Gasteiger partial charge in [-0.3, -0.25) is 18.7 Å². The van der Waals surface area contributed by atoms with Crippen LogP contribution in [-0.4, -0.2) is 53.8 Å². The highest BCUT2D eigenvalue weighted by Crippen LogP contribution is 2.15. The second-order valence-electron chi connectivity index (χ2n) is 7.28. The van der Waals surface area contributed by atoms with Gasteiger partial charge in [-0.2, -0.15) is 0 Å². The standard InChI is InChI=1S/C20H22N6O5/c1-22-17-16(18(28)23(2)19(22)29)24(13-21-17)11-15(27)25-9-6-10-26(25)20(30)31-12-14-7-4-3-5-8-14/h3-5,7-8,13H,6,9-12H2,1-2H3. The molecule has 1 aliphatic heterocycles. The maximum Gasteiger partial charge on any atom is 0.429 e. The molecule has 1 aromatic carbocycles. The number of aryl methyl sites for hydroxylation is 1. The van der Waals surface area contributed by atoms with E-state index in [0.717, 1.165) is 10.1 Å². The first kappa shape index (κ1) is 20.4. The van der Waals surface area contributed by atoms with Crippen LogP contribution in [0.25, 0.3) is 11.2 Å². The minimum atomic E-state index is -0.608. The molecule has 1 aliphatic rings. The van der Waals surface area contributed by atoms with Crippen LogP contribution >= 0.6 is 0 Å². The molecule has 11 heteroatoms. The summed E-state index contributed by atoms with van der Waals surface area (Å²) in [4.78, 5) is 54.2. The average molecular weight is 426 g/mol. The summed E-state index contributed by atoms with van der Waals surface area (Å²) in [6, 6.07) is 9.27. The van der Waals surface area contributed by atoms with E-state index in [1.165, 1.54) is 39.6 Å². The topological polar surface area (TPSA) is 112 Å². The van der Waals surface area contributed by atoms with Gasteiger partial charge in [-0.25, -0.2) is 24.6 Å². The molecule has 0 unspecified atom stereocenters. The van der Waals surface area contributed by atoms with E-state index in [-0.39, 0.29) is 30.2 Å². The van der Waals surface area contributed by atoms with Gasteiger partial charge in [0.05, 0.1) is 6.33 Å². The van der Waals surface area contributed by atoms with Crippen molar-refractivity contribution in [2.45, 2.75) is 19.6 Å². The average Bonchev–Trinajstić information content (AvgIpc) is 3.43. The molecule has 2 amide bonds. The number of hydrazine groups is 1. The molecule has 3 heterocycles. The van der Waals surface area contributed by atoms with Gasteiger partial charge in [0.25, 0.3) is 11.5 Å². The lowest BCUT2D eigenvalue weighted by molar-refractivity contribution is -0.142. The molecule has 0 spiro atoms. The Kier molecular flexibility index (Phi) is 5.32. The van der Waals surface area contributed by atoms with Crippen LogP contribution in [0.3, 0.4) is 0 Å². The van der Waals surface area contributed by atoms with Crippen molar-refractivity contribution in [3.8, 4) is 0 Å². The van der Waals surface area contributed by atoms with Crippen molar-refractivity contribution in [3.63, 3.8) is 0 Å². The van der Waals surface area contributed by atoms with E-state index in [1.807, 2.05) is 30.3 Å². The summed E-state index contributed by atoms with van der Waals surface area (Å²) < 4.78 is 8.96. The Morgan fingerprint density at radius 1 is 1.03 bits per heavy atom. The Morgan fingerprint density at radius 2 is 1.74 bits per heavy atom. The summed E-state index contributed by atoms with van der Waals surface area (Å²) in [7, 11) is 2.88. The minimum Gasteiger partial charge on any atom is -0.443 e. The first-order valence-corrected chi connectivity index (χ1v) is 9.78. The molecule has 162 valence electrons. The fourth-order valence-corrected chi connectivity index (χ4v) is 3.60. The predicted molar refractivity (Wildman–Crippen MR) is 110 cm³/mol. The van der Waals surface area contributed by atoms with Crippen LogP contribution in [0.4, 0.5) is 4.79 Å². The minimum absolute atomic E-state index is 0.106. The van der Waals surface area contributed by atoms with Crippen molar-refractivity contribution in [3.05, 3.63) is 63.1 Å². The number of carbonyl (C=O) groups excluding carboxylic acids is 2. The number of imidazole rings is 1. The van der Waals surface area contributed by atoms with Gasteiger partial charge in [0.1, 0.15) is 13.2 Å². The molecule has 0 N–H and O–H groups in total. The zero-order valence-corrected chi connectivity index (χ0v) is 17.2. The Morgan fingerprint density at radius 3 is 2.48 bits per heavy atom. The number of ether oxygens (including phenoxy) is 1. The third-order valence-corrected chi connectivity index (χ3v) is 5.26. The summed E-state index contributed by atoms with van der Waals surface area (Å²) in [5, 5.41) is 2.60. The van der Waals surface area contributed by atoms with Crippen LogP contribution in [0.2, 0.25) is 0 Å². The molecule has 0 bridgehead atoms. The smallest absolute Gasteiger partial charge is 0.429 e. The number of carbonyl (C=O) groups is 2. The maximum absolute atomic E-state index is 12.9. The Labute approximate surface area is 176 Å². The monoisotopic (exact) mass is 426 g/mol. The van der Waals surface area contributed by atoms with E-state index in [4.69, 9.17) is 4.74 Å². The molecule has 0 aliphatic carbocycles. The SMILES string of the molecule is Cn1c(=O)c2c(ncn2CC(=O)N2CCCN2C(=O)OCc2ccccc2)n(C)c1=O. The highest BCUT2D eigenvalue weighted by molar-refractivity contribution is 5.81. The third-order valence-electron chi connectivity index (χ3n) is 5.26. The van der Waals surface area contributed by atoms with Crippen molar-refractivity contribution in [2.24, 2.45) is 14.1 Å². The van der Waals surface area contributed by atoms with Gasteiger partial charge in [-0.05, 0) is 12.0 Å². The highest BCUT2D eigenvalue weighted by atomic mass is 16.6. The van der Waals surface area contributed by atoms with E-state index in [1.54, 1.807) is 0 Å². The van der Waals surface area contributed by atoms with Crippen LogP contribution in [0.5, 0.6) is 0 Å². The fourth-order valence-electron chi connectivity index (χ4n) is 3.60. The molecule has 4 rings (SSSR count). The summed E-state index contributed by atoms with van der Waals surface area (Å²) in [6.07, 6.45) is 1.36. The normalized spacial score (nSPS) is 13.7. The molecule has 0 atom stereocenters. The van der Waals surface area contributed by atoms with Crippen LogP contribution in [0.1, 0.15) is 12.0 Å². The molecular formula is C20H22N6O5. The van der Waals surface area contributed by atoms with Crippen LogP contribution in [0, 0.1) is 0 Å². The van der Waals surface area contributed by atoms with Crippen LogP contribution < -0.4 is 11.2 Å². The maximum atomic E-state index is 12.9. The third kappa shape index (κ3) is 3.69. The van der Waals surface area contributed by atoms with E-state index >= 15 is 0 Å². The molecule has 11 nitrogen and oxygen atoms in total. The zero-order chi connectivity index (χ0) is 22.1. The van der Waals surface area contributed by atoms with Gasteiger partial charge in [-0.15, -0.1) is 0 Å². The van der Waals surface area contributed by atoms with Gasteiger partial charge < -0.3 is 9.30 Å². The van der Waals surface area contributed by atoms with Crippen molar-refractivity contribution in [1.82, 2.24) is 28.7 Å². The van der Waals surface area contributed by atoms with E-state index in [9.17, 15) is 19.2 Å². The molecule has 31 heavy (non-hydrogen) atoms. The second kappa shape index (κ2) is 8.09. The highest BCUT2D eigenvalue weighted by Gasteiger charge is 2.32. The number of fused-ring (bicyclic) bond motifs is 1. The second-order valence-corrected chi connectivity index (χ2v) is 7.28. The zero-order valence-electron chi connectivity index (χ0n) is 17.2. The van der Waals surface area contributed by atoms with Gasteiger partial charge in [-0.1, -0.05) is 30.3 Å². The van der Waals surface area contributed by atoms with Gasteiger partial charge in [0.15, 0.2) is 11.2 Å². The van der Waals surface area contributed by atoms with Crippen molar-refractivity contribution >= 4 is 23.2 Å². The summed E-state index contributed by atoms with van der Waals surface area (Å²) in [5.74, 6) is -0.385. The van der Waals surface area contributed by atoms with E-state index in [2.05, 4.69) is 4.98 Å². The number of aromatic nitrogens is 4. The summed E-state index contributed by atoms with van der Waals surface area (Å²) in [6.45, 7) is 0.629. The molecule has 0 saturated carbocycles. The van der Waals surface area contributed by atoms with Crippen molar-refractivity contribution in [1.29, 1.82) is 0 Å². The number of hydrogen-bond donors (Lipinski definition) is 0. The first-order chi connectivity index (χ1) is 14.9. The molecule has 1 fully saturated rings. The lowest BCUT2D eigenvalue weighted by Gasteiger charge is -2.27. The quantitative estimate of drug-likeness (QED) is 0.590. The Bertz CT molecular complexity index is 1260. The Hall–Kier alpha value is -3.89. The molecule has 0 radical (unpaired) electrons. The number of amides is 2. The van der Waals surface area contributed by atoms with Crippen molar-refractivity contribution < 1.29 is 14.3 Å². The number of nitrogens with zero attached hydrogens (tertiary/aromatic N) is 6. The lowest BCUT2D eigenvalue weighted by atomic mass is 10.2. The van der Waals surface area contributed by atoms with Crippen LogP contribution in [0.15, 0.2) is 46.2 Å². The van der Waals surface area contributed by atoms with E-state index in [0.29, 0.717) is 19.5 Å². The molecular weight excluding hydrogens is 404 g/mol. The first-order valence-electron chi connectivity index (χ1n) is 9.78. The molecule has 3 aromatic rings. The number of rotatable bonds is 4. The lowest BCUT2D eigenvalue weighted by Crippen LogP contribution is -2.46. The molecule has 1 saturated heterocycles. The number of benzene rings is 1. The van der Waals surface area contributed by atoms with Gasteiger partial charge in [0, 0.05) is 27.2 Å². The summed E-state index contributed by atoms with van der Waals surface area (Å²) >= 11 is 0. The molecule has 2 aromatic heterocycles. The van der Waals surface area contributed by atoms with Crippen molar-refractivity contribution in [2.75, 3.05) is 13.1 Å².